The minimum absolute atomic E-state index is 0.410. The van der Waals surface area contributed by atoms with Crippen LogP contribution in [0, 0.1) is 22.7 Å². The number of alkyl halides is 9. The first kappa shape index (κ1) is 22.4. The van der Waals surface area contributed by atoms with Crippen LogP contribution in [-0.2, 0) is 10.1 Å². The number of hydrogen-bond donors (Lipinski definition) is 0. The number of nitrogens with zero attached hydrogens (tertiary/aromatic N) is 2. The van der Waals surface area contributed by atoms with Gasteiger partial charge in [0.05, 0.1) is 5.56 Å². The molecule has 0 amide bonds. The molecule has 0 aliphatic carbocycles. The third-order valence-corrected chi connectivity index (χ3v) is 4.17. The molecule has 0 unspecified atom stereocenters. The maximum atomic E-state index is 13.5. The topological polar surface area (TPSA) is 90.9 Å². The Bertz CT molecular complexity index is 927. The molecule has 0 atom stereocenters. The maximum Gasteiger partial charge on any atom is 0.460 e. The fourth-order valence-corrected chi connectivity index (χ4v) is 2.42. The number of hydrogen-bond acceptors (Lipinski definition) is 5. The first-order chi connectivity index (χ1) is 12.0. The highest BCUT2D eigenvalue weighted by molar-refractivity contribution is 7.88. The first-order valence-corrected chi connectivity index (χ1v) is 7.46. The molecule has 148 valence electrons. The van der Waals surface area contributed by atoms with E-state index in [-0.39, 0.29) is 0 Å². The molecular formula is C12H3F9N2O3S. The van der Waals surface area contributed by atoms with Gasteiger partial charge in [0, 0.05) is 0 Å². The summed E-state index contributed by atoms with van der Waals surface area (Å²) in [5.41, 5.74) is -1.74. The van der Waals surface area contributed by atoms with Crippen LogP contribution in [0.2, 0.25) is 0 Å². The van der Waals surface area contributed by atoms with Crippen LogP contribution in [-0.4, -0.2) is 31.7 Å². The standard InChI is InChI=1S/C12H3F9N2O3S/c13-9(14,11(17,18)19)10(15,16)12(20,21)27(24,25)26-8-3-1-2-6(4-22)7(8)5-23/h1-3H. The average molecular weight is 426 g/mol. The zero-order chi connectivity index (χ0) is 21.5. The van der Waals surface area contributed by atoms with Crippen LogP contribution in [0.4, 0.5) is 39.5 Å². The van der Waals surface area contributed by atoms with Gasteiger partial charge in [0.2, 0.25) is 0 Å². The molecule has 1 aromatic rings. The highest BCUT2D eigenvalue weighted by atomic mass is 32.2. The second-order valence-corrected chi connectivity index (χ2v) is 6.19. The van der Waals surface area contributed by atoms with Gasteiger partial charge in [-0.3, -0.25) is 0 Å². The molecule has 5 nitrogen and oxygen atoms in total. The molecule has 0 N–H and O–H groups in total. The molecule has 0 spiro atoms. The second kappa shape index (κ2) is 6.49. The largest absolute Gasteiger partial charge is 0.460 e. The van der Waals surface area contributed by atoms with Crippen molar-refractivity contribution in [2.75, 3.05) is 0 Å². The average Bonchev–Trinajstić information content (AvgIpc) is 2.52. The van der Waals surface area contributed by atoms with Crippen molar-refractivity contribution in [2.24, 2.45) is 0 Å². The smallest absolute Gasteiger partial charge is 0.377 e. The summed E-state index contributed by atoms with van der Waals surface area (Å²) in [4.78, 5) is 0. The molecule has 0 aliphatic heterocycles. The SMILES string of the molecule is N#Cc1cccc(OS(=O)(=O)C(F)(F)C(F)(F)C(F)(F)C(F)(F)F)c1C#N. The summed E-state index contributed by atoms with van der Waals surface area (Å²) in [5.74, 6) is -16.4. The van der Waals surface area contributed by atoms with E-state index in [9.17, 15) is 47.9 Å². The van der Waals surface area contributed by atoms with E-state index in [1.807, 2.05) is 0 Å². The van der Waals surface area contributed by atoms with Gasteiger partial charge in [-0.25, -0.2) is 0 Å². The van der Waals surface area contributed by atoms with Crippen molar-refractivity contribution in [1.29, 1.82) is 10.5 Å². The van der Waals surface area contributed by atoms with Crippen molar-refractivity contribution in [1.82, 2.24) is 0 Å². The lowest BCUT2D eigenvalue weighted by Crippen LogP contribution is -2.63. The summed E-state index contributed by atoms with van der Waals surface area (Å²) < 4.78 is 141. The number of benzene rings is 1. The number of nitriles is 2. The Hall–Kier alpha value is -2.68. The molecule has 0 aromatic heterocycles. The van der Waals surface area contributed by atoms with Crippen LogP contribution in [0.25, 0.3) is 0 Å². The molecule has 1 aromatic carbocycles. The highest BCUT2D eigenvalue weighted by Gasteiger charge is 2.86. The normalized spacial score (nSPS) is 13.6. The fraction of sp³-hybridized carbons (Fsp3) is 0.333. The second-order valence-electron chi connectivity index (χ2n) is 4.60. The Morgan fingerprint density at radius 1 is 0.852 bits per heavy atom. The molecule has 0 fully saturated rings. The summed E-state index contributed by atoms with van der Waals surface area (Å²) in [6.07, 6.45) is -7.23. The van der Waals surface area contributed by atoms with E-state index < -0.39 is 50.3 Å². The predicted octanol–water partition coefficient (Wildman–Crippen LogP) is 3.56. The third kappa shape index (κ3) is 3.34. The van der Waals surface area contributed by atoms with Gasteiger partial charge in [0.15, 0.2) is 5.75 Å². The lowest BCUT2D eigenvalue weighted by atomic mass is 10.1. The van der Waals surface area contributed by atoms with Gasteiger partial charge in [0.25, 0.3) is 0 Å². The molecule has 1 rings (SSSR count). The van der Waals surface area contributed by atoms with E-state index in [2.05, 4.69) is 4.18 Å². The number of halogens is 9. The van der Waals surface area contributed by atoms with Crippen LogP contribution < -0.4 is 4.18 Å². The van der Waals surface area contributed by atoms with E-state index in [1.54, 1.807) is 0 Å². The Labute approximate surface area is 144 Å². The van der Waals surface area contributed by atoms with E-state index in [0.717, 1.165) is 18.2 Å². The van der Waals surface area contributed by atoms with Crippen molar-refractivity contribution in [3.63, 3.8) is 0 Å². The van der Waals surface area contributed by atoms with Gasteiger partial charge in [-0.15, -0.1) is 0 Å². The molecule has 0 saturated heterocycles. The fourth-order valence-electron chi connectivity index (χ4n) is 1.50. The minimum Gasteiger partial charge on any atom is -0.377 e. The summed E-state index contributed by atoms with van der Waals surface area (Å²) >= 11 is 0. The van der Waals surface area contributed by atoms with Gasteiger partial charge >= 0.3 is 33.4 Å². The maximum absolute atomic E-state index is 13.5. The Morgan fingerprint density at radius 2 is 1.37 bits per heavy atom. The first-order valence-electron chi connectivity index (χ1n) is 6.05. The van der Waals surface area contributed by atoms with Gasteiger partial charge in [-0.1, -0.05) is 6.07 Å². The molecule has 0 saturated carbocycles. The molecule has 0 aliphatic rings. The quantitative estimate of drug-likeness (QED) is 0.531. The highest BCUT2D eigenvalue weighted by Crippen LogP contribution is 2.55. The summed E-state index contributed by atoms with van der Waals surface area (Å²) in [5, 5.41) is 10.3. The van der Waals surface area contributed by atoms with E-state index in [0.29, 0.717) is 6.07 Å². The van der Waals surface area contributed by atoms with Crippen LogP contribution >= 0.6 is 0 Å². The third-order valence-electron chi connectivity index (χ3n) is 2.89. The summed E-state index contributed by atoms with van der Waals surface area (Å²) in [6, 6.07) is 4.39. The molecule has 0 radical (unpaired) electrons. The zero-order valence-corrected chi connectivity index (χ0v) is 13.0. The van der Waals surface area contributed by atoms with Crippen molar-refractivity contribution in [3.05, 3.63) is 29.3 Å². The minimum atomic E-state index is -7.48. The molecule has 27 heavy (non-hydrogen) atoms. The predicted molar refractivity (Wildman–Crippen MR) is 66.3 cm³/mol. The van der Waals surface area contributed by atoms with Gasteiger partial charge < -0.3 is 4.18 Å². The lowest BCUT2D eigenvalue weighted by Gasteiger charge is -2.32. The summed E-state index contributed by atoms with van der Waals surface area (Å²) in [7, 11) is -7.20. The zero-order valence-electron chi connectivity index (χ0n) is 12.2. The monoisotopic (exact) mass is 426 g/mol. The molecule has 0 bridgehead atoms. The summed E-state index contributed by atoms with van der Waals surface area (Å²) in [6.45, 7) is 0. The number of rotatable bonds is 5. The van der Waals surface area contributed by atoms with Crippen molar-refractivity contribution in [2.45, 2.75) is 23.3 Å². The van der Waals surface area contributed by atoms with Crippen LogP contribution in [0.1, 0.15) is 11.1 Å². The van der Waals surface area contributed by atoms with Gasteiger partial charge in [0.1, 0.15) is 17.7 Å². The molecule has 0 heterocycles. The van der Waals surface area contributed by atoms with Crippen molar-refractivity contribution in [3.8, 4) is 17.9 Å². The van der Waals surface area contributed by atoms with Crippen LogP contribution in [0.15, 0.2) is 18.2 Å². The van der Waals surface area contributed by atoms with E-state index in [4.69, 9.17) is 10.5 Å². The van der Waals surface area contributed by atoms with Crippen LogP contribution in [0.3, 0.4) is 0 Å². The van der Waals surface area contributed by atoms with Crippen molar-refractivity contribution >= 4 is 10.1 Å². The Morgan fingerprint density at radius 3 is 1.78 bits per heavy atom. The Balaban J connectivity index is 3.53. The van der Waals surface area contributed by atoms with Crippen LogP contribution in [0.5, 0.6) is 5.75 Å². The molecule has 15 heteroatoms. The Kier molecular flexibility index (Phi) is 5.37. The lowest BCUT2D eigenvalue weighted by molar-refractivity contribution is -0.382. The molecular weight excluding hydrogens is 423 g/mol. The van der Waals surface area contributed by atoms with E-state index in [1.165, 1.54) is 6.07 Å². The van der Waals surface area contributed by atoms with E-state index >= 15 is 0 Å². The van der Waals surface area contributed by atoms with Gasteiger partial charge in [-0.2, -0.15) is 58.5 Å². The van der Waals surface area contributed by atoms with Crippen molar-refractivity contribution < 1.29 is 52.1 Å². The van der Waals surface area contributed by atoms with Gasteiger partial charge in [-0.05, 0) is 12.1 Å².